The van der Waals surface area contributed by atoms with Crippen molar-refractivity contribution in [3.8, 4) is 5.75 Å². The number of rotatable bonds is 4. The van der Waals surface area contributed by atoms with E-state index in [2.05, 4.69) is 0 Å². The summed E-state index contributed by atoms with van der Waals surface area (Å²) >= 11 is 0. The molecule has 6 nitrogen and oxygen atoms in total. The molecule has 2 heterocycles. The van der Waals surface area contributed by atoms with Gasteiger partial charge in [0.25, 0.3) is 5.91 Å². The van der Waals surface area contributed by atoms with Crippen LogP contribution in [-0.2, 0) is 14.3 Å². The van der Waals surface area contributed by atoms with Crippen molar-refractivity contribution in [2.45, 2.75) is 6.92 Å². The fourth-order valence-electron chi connectivity index (χ4n) is 2.74. The largest absolute Gasteiger partial charge is 0.497 e. The first kappa shape index (κ1) is 16.6. The van der Waals surface area contributed by atoms with Crippen LogP contribution in [-0.4, -0.2) is 26.1 Å². The minimum atomic E-state index is -0.570. The van der Waals surface area contributed by atoms with Crippen LogP contribution >= 0.6 is 0 Å². The molecule has 0 saturated carbocycles. The third-order valence-electron chi connectivity index (χ3n) is 3.95. The van der Waals surface area contributed by atoms with Gasteiger partial charge in [0.2, 0.25) is 0 Å². The molecule has 1 amide bonds. The molecule has 128 valence electrons. The molecule has 1 aliphatic rings. The monoisotopic (exact) mass is 339 g/mol. The molecule has 0 aliphatic carbocycles. The zero-order valence-electron chi connectivity index (χ0n) is 14.1. The third-order valence-corrected chi connectivity index (χ3v) is 3.95. The lowest BCUT2D eigenvalue weighted by Crippen LogP contribution is -2.24. The second kappa shape index (κ2) is 6.68. The molecule has 1 aliphatic heterocycles. The number of hydrogen-bond acceptors (Lipinski definition) is 5. The van der Waals surface area contributed by atoms with Gasteiger partial charge in [-0.3, -0.25) is 9.69 Å². The van der Waals surface area contributed by atoms with E-state index in [1.807, 2.05) is 0 Å². The summed E-state index contributed by atoms with van der Waals surface area (Å²) in [5.74, 6) is 0.268. The number of furan rings is 1. The molecule has 2 aromatic rings. The maximum atomic E-state index is 13.0. The first-order valence-electron chi connectivity index (χ1n) is 7.60. The Morgan fingerprint density at radius 1 is 1.16 bits per heavy atom. The molecule has 6 heteroatoms. The van der Waals surface area contributed by atoms with Crippen molar-refractivity contribution in [1.82, 2.24) is 0 Å². The van der Waals surface area contributed by atoms with Gasteiger partial charge in [0, 0.05) is 11.4 Å². The van der Waals surface area contributed by atoms with Crippen molar-refractivity contribution in [2.24, 2.45) is 0 Å². The standard InChI is InChI=1S/C19H17NO5/c1-12-17(19(22)24-3)16(11-15-5-4-10-25-15)18(21)20(12)13-6-8-14(23-2)9-7-13/h4-11H,1-3H3/b16-11-. The van der Waals surface area contributed by atoms with Crippen molar-refractivity contribution in [2.75, 3.05) is 19.1 Å². The Kier molecular flexibility index (Phi) is 4.43. The minimum absolute atomic E-state index is 0.222. The van der Waals surface area contributed by atoms with E-state index in [0.717, 1.165) is 0 Å². The Hall–Kier alpha value is -3.28. The molecule has 0 spiro atoms. The Balaban J connectivity index is 2.09. The van der Waals surface area contributed by atoms with Gasteiger partial charge in [0.1, 0.15) is 11.5 Å². The number of carbonyl (C=O) groups is 2. The van der Waals surface area contributed by atoms with Gasteiger partial charge < -0.3 is 13.9 Å². The summed E-state index contributed by atoms with van der Waals surface area (Å²) in [6.07, 6.45) is 3.04. The number of nitrogens with zero attached hydrogens (tertiary/aromatic N) is 1. The molecule has 25 heavy (non-hydrogen) atoms. The number of benzene rings is 1. The predicted octanol–water partition coefficient (Wildman–Crippen LogP) is 3.17. The second-order valence-corrected chi connectivity index (χ2v) is 5.36. The normalized spacial score (nSPS) is 15.9. The van der Waals surface area contributed by atoms with E-state index in [4.69, 9.17) is 13.9 Å². The molecule has 3 rings (SSSR count). The summed E-state index contributed by atoms with van der Waals surface area (Å²) in [4.78, 5) is 26.7. The van der Waals surface area contributed by atoms with Crippen LogP contribution in [0.2, 0.25) is 0 Å². The van der Waals surface area contributed by atoms with Crippen LogP contribution in [0.1, 0.15) is 12.7 Å². The van der Waals surface area contributed by atoms with Gasteiger partial charge >= 0.3 is 5.97 Å². The van der Waals surface area contributed by atoms with E-state index in [0.29, 0.717) is 22.9 Å². The summed E-state index contributed by atoms with van der Waals surface area (Å²) in [6, 6.07) is 10.4. The van der Waals surface area contributed by atoms with Crippen LogP contribution in [0, 0.1) is 0 Å². The Labute approximate surface area is 144 Å². The predicted molar refractivity (Wildman–Crippen MR) is 91.9 cm³/mol. The highest BCUT2D eigenvalue weighted by atomic mass is 16.5. The summed E-state index contributed by atoms with van der Waals surface area (Å²) in [6.45, 7) is 1.71. The fraction of sp³-hybridized carbons (Fsp3) is 0.158. The molecule has 0 atom stereocenters. The van der Waals surface area contributed by atoms with Gasteiger partial charge in [-0.1, -0.05) is 0 Å². The van der Waals surface area contributed by atoms with Crippen LogP contribution < -0.4 is 9.64 Å². The summed E-state index contributed by atoms with van der Waals surface area (Å²) in [5.41, 5.74) is 1.59. The quantitative estimate of drug-likeness (QED) is 0.632. The highest BCUT2D eigenvalue weighted by Gasteiger charge is 2.38. The SMILES string of the molecule is COC(=O)C1=C(C)N(c2ccc(OC)cc2)C(=O)/C1=C\c1ccco1. The summed E-state index contributed by atoms with van der Waals surface area (Å²) in [5, 5.41) is 0. The van der Waals surface area contributed by atoms with Crippen molar-refractivity contribution in [3.05, 3.63) is 65.3 Å². The summed E-state index contributed by atoms with van der Waals surface area (Å²) in [7, 11) is 2.86. The van der Waals surface area contributed by atoms with Crippen molar-refractivity contribution < 1.29 is 23.5 Å². The molecular weight excluding hydrogens is 322 g/mol. The van der Waals surface area contributed by atoms with Crippen LogP contribution in [0.25, 0.3) is 6.08 Å². The van der Waals surface area contributed by atoms with Crippen LogP contribution in [0.3, 0.4) is 0 Å². The van der Waals surface area contributed by atoms with Gasteiger partial charge in [0.05, 0.1) is 31.6 Å². The highest BCUT2D eigenvalue weighted by molar-refractivity contribution is 6.23. The smallest absolute Gasteiger partial charge is 0.340 e. The van der Waals surface area contributed by atoms with Gasteiger partial charge in [-0.05, 0) is 49.4 Å². The van der Waals surface area contributed by atoms with Crippen molar-refractivity contribution in [3.63, 3.8) is 0 Å². The number of esters is 1. The van der Waals surface area contributed by atoms with Gasteiger partial charge in [0.15, 0.2) is 0 Å². The first-order chi connectivity index (χ1) is 12.1. The Morgan fingerprint density at radius 3 is 2.44 bits per heavy atom. The molecular formula is C19H17NO5. The lowest BCUT2D eigenvalue weighted by molar-refractivity contribution is -0.136. The van der Waals surface area contributed by atoms with E-state index in [-0.39, 0.29) is 17.1 Å². The topological polar surface area (TPSA) is 69.0 Å². The van der Waals surface area contributed by atoms with Gasteiger partial charge in [-0.2, -0.15) is 0 Å². The van der Waals surface area contributed by atoms with E-state index < -0.39 is 5.97 Å². The molecule has 0 bridgehead atoms. The number of ether oxygens (including phenoxy) is 2. The zero-order chi connectivity index (χ0) is 18.0. The molecule has 0 fully saturated rings. The lowest BCUT2D eigenvalue weighted by Gasteiger charge is -2.18. The fourth-order valence-corrected chi connectivity index (χ4v) is 2.74. The van der Waals surface area contributed by atoms with E-state index in [1.54, 1.807) is 56.5 Å². The molecule has 0 radical (unpaired) electrons. The number of anilines is 1. The number of hydrogen-bond donors (Lipinski definition) is 0. The van der Waals surface area contributed by atoms with Crippen LogP contribution in [0.15, 0.2) is 63.9 Å². The number of methoxy groups -OCH3 is 2. The number of allylic oxidation sites excluding steroid dienone is 1. The van der Waals surface area contributed by atoms with Gasteiger partial charge in [-0.15, -0.1) is 0 Å². The van der Waals surface area contributed by atoms with Crippen LogP contribution in [0.5, 0.6) is 5.75 Å². The molecule has 0 saturated heterocycles. The Morgan fingerprint density at radius 2 is 1.88 bits per heavy atom. The zero-order valence-corrected chi connectivity index (χ0v) is 14.1. The molecule has 1 aromatic heterocycles. The summed E-state index contributed by atoms with van der Waals surface area (Å²) < 4.78 is 15.3. The van der Waals surface area contributed by atoms with E-state index >= 15 is 0 Å². The maximum Gasteiger partial charge on any atom is 0.340 e. The highest BCUT2D eigenvalue weighted by Crippen LogP contribution is 2.35. The van der Waals surface area contributed by atoms with Crippen molar-refractivity contribution >= 4 is 23.6 Å². The van der Waals surface area contributed by atoms with E-state index in [9.17, 15) is 9.59 Å². The van der Waals surface area contributed by atoms with Gasteiger partial charge in [-0.25, -0.2) is 4.79 Å². The van der Waals surface area contributed by atoms with E-state index in [1.165, 1.54) is 18.3 Å². The molecule has 1 aromatic carbocycles. The third kappa shape index (κ3) is 2.94. The number of carbonyl (C=O) groups excluding carboxylic acids is 2. The second-order valence-electron chi connectivity index (χ2n) is 5.36. The maximum absolute atomic E-state index is 13.0. The average Bonchev–Trinajstić information content (AvgIpc) is 3.22. The Bertz CT molecular complexity index is 860. The molecule has 0 N–H and O–H groups in total. The van der Waals surface area contributed by atoms with Crippen LogP contribution in [0.4, 0.5) is 5.69 Å². The molecule has 0 unspecified atom stereocenters. The lowest BCUT2D eigenvalue weighted by atomic mass is 10.1. The minimum Gasteiger partial charge on any atom is -0.497 e. The average molecular weight is 339 g/mol. The number of amides is 1. The van der Waals surface area contributed by atoms with Crippen molar-refractivity contribution in [1.29, 1.82) is 0 Å². The first-order valence-corrected chi connectivity index (χ1v) is 7.60.